The summed E-state index contributed by atoms with van der Waals surface area (Å²) in [4.78, 5) is 26.6. The summed E-state index contributed by atoms with van der Waals surface area (Å²) in [7, 11) is 0. The van der Waals surface area contributed by atoms with Crippen molar-refractivity contribution in [2.45, 2.75) is 52.1 Å². The fourth-order valence-electron chi connectivity index (χ4n) is 3.29. The van der Waals surface area contributed by atoms with Crippen molar-refractivity contribution in [1.82, 2.24) is 4.90 Å². The number of esters is 1. The van der Waals surface area contributed by atoms with Crippen molar-refractivity contribution in [3.8, 4) is 0 Å². The Balaban J connectivity index is 2.20. The van der Waals surface area contributed by atoms with E-state index in [1.54, 1.807) is 11.8 Å². The van der Waals surface area contributed by atoms with Gasteiger partial charge in [0.2, 0.25) is 0 Å². The number of anilines is 1. The topological polar surface area (TPSA) is 81.9 Å². The molecule has 1 saturated heterocycles. The number of ether oxygens (including phenoxy) is 2. The van der Waals surface area contributed by atoms with Gasteiger partial charge in [-0.1, -0.05) is 12.1 Å². The van der Waals surface area contributed by atoms with Gasteiger partial charge in [-0.25, -0.2) is 4.79 Å². The van der Waals surface area contributed by atoms with Gasteiger partial charge in [-0.05, 0) is 64.2 Å². The molecule has 0 radical (unpaired) electrons. The first-order valence-electron chi connectivity index (χ1n) is 9.21. The zero-order chi connectivity index (χ0) is 19.3. The summed E-state index contributed by atoms with van der Waals surface area (Å²) < 4.78 is 10.8. The summed E-state index contributed by atoms with van der Waals surface area (Å²) in [6.45, 7) is 8.72. The number of nitrogen functional groups attached to an aromatic ring is 1. The van der Waals surface area contributed by atoms with Gasteiger partial charge in [0.25, 0.3) is 0 Å². The highest BCUT2D eigenvalue weighted by molar-refractivity contribution is 5.74. The second-order valence-corrected chi connectivity index (χ2v) is 7.68. The maximum Gasteiger partial charge on any atom is 0.410 e. The number of rotatable bonds is 3. The lowest BCUT2D eigenvalue weighted by Gasteiger charge is -2.26. The molecule has 0 spiro atoms. The van der Waals surface area contributed by atoms with Crippen molar-refractivity contribution < 1.29 is 19.1 Å². The molecule has 1 heterocycles. The van der Waals surface area contributed by atoms with Crippen LogP contribution in [-0.4, -0.2) is 42.3 Å². The van der Waals surface area contributed by atoms with Gasteiger partial charge in [0.15, 0.2) is 0 Å². The molecule has 1 aromatic carbocycles. The largest absolute Gasteiger partial charge is 0.466 e. The normalized spacial score (nSPS) is 21.0. The molecule has 1 aliphatic rings. The average Bonchev–Trinajstić information content (AvgIpc) is 2.77. The number of hydrogen-bond donors (Lipinski definition) is 1. The Morgan fingerprint density at radius 3 is 2.35 bits per heavy atom. The molecule has 6 heteroatoms. The Labute approximate surface area is 155 Å². The van der Waals surface area contributed by atoms with Crippen molar-refractivity contribution in [2.75, 3.05) is 25.4 Å². The lowest BCUT2D eigenvalue weighted by atomic mass is 9.82. The summed E-state index contributed by atoms with van der Waals surface area (Å²) in [5, 5.41) is 0. The summed E-state index contributed by atoms with van der Waals surface area (Å²) in [6, 6.07) is 7.59. The lowest BCUT2D eigenvalue weighted by Crippen LogP contribution is -2.37. The number of carbonyl (C=O) groups is 2. The first-order valence-corrected chi connectivity index (χ1v) is 9.21. The molecule has 2 atom stereocenters. The summed E-state index contributed by atoms with van der Waals surface area (Å²) in [6.07, 6.45) is 0.887. The number of nitrogens with zero attached hydrogens (tertiary/aromatic N) is 1. The molecule has 144 valence electrons. The molecule has 1 aliphatic heterocycles. The second-order valence-electron chi connectivity index (χ2n) is 7.68. The lowest BCUT2D eigenvalue weighted by molar-refractivity contribution is -0.149. The molecule has 0 aliphatic carbocycles. The van der Waals surface area contributed by atoms with Crippen LogP contribution in [0.5, 0.6) is 0 Å². The van der Waals surface area contributed by atoms with E-state index >= 15 is 0 Å². The minimum atomic E-state index is -0.541. The smallest absolute Gasteiger partial charge is 0.410 e. The Hall–Kier alpha value is -2.24. The highest BCUT2D eigenvalue weighted by Gasteiger charge is 2.35. The van der Waals surface area contributed by atoms with E-state index in [-0.39, 0.29) is 23.9 Å². The van der Waals surface area contributed by atoms with Gasteiger partial charge in [0, 0.05) is 18.8 Å². The first-order chi connectivity index (χ1) is 12.2. The molecule has 2 N–H and O–H groups in total. The van der Waals surface area contributed by atoms with Gasteiger partial charge >= 0.3 is 12.1 Å². The number of nitrogens with two attached hydrogens (primary N) is 1. The molecule has 2 rings (SSSR count). The Morgan fingerprint density at radius 2 is 1.77 bits per heavy atom. The van der Waals surface area contributed by atoms with E-state index in [4.69, 9.17) is 15.2 Å². The monoisotopic (exact) mass is 362 g/mol. The minimum Gasteiger partial charge on any atom is -0.466 e. The van der Waals surface area contributed by atoms with Crippen LogP contribution in [0, 0.1) is 5.92 Å². The second kappa shape index (κ2) is 8.43. The van der Waals surface area contributed by atoms with Crippen LogP contribution in [-0.2, 0) is 14.3 Å². The van der Waals surface area contributed by atoms with Crippen LogP contribution in [0.2, 0.25) is 0 Å². The maximum atomic E-state index is 12.5. The molecule has 0 aromatic heterocycles. The average molecular weight is 362 g/mol. The van der Waals surface area contributed by atoms with Gasteiger partial charge in [0.05, 0.1) is 12.5 Å². The molecule has 0 unspecified atom stereocenters. The van der Waals surface area contributed by atoms with Crippen molar-refractivity contribution in [2.24, 2.45) is 5.92 Å². The molecule has 6 nitrogen and oxygen atoms in total. The third-order valence-corrected chi connectivity index (χ3v) is 4.51. The van der Waals surface area contributed by atoms with E-state index < -0.39 is 5.60 Å². The molecule has 26 heavy (non-hydrogen) atoms. The molecule has 1 aromatic rings. The van der Waals surface area contributed by atoms with Crippen LogP contribution in [0.1, 0.15) is 52.0 Å². The number of amides is 1. The SMILES string of the molecule is CCOC(=O)[C@@H]1CCN(C(=O)OC(C)(C)C)CC[C@H]1c1ccc(N)cc1. The fourth-order valence-corrected chi connectivity index (χ4v) is 3.29. The summed E-state index contributed by atoms with van der Waals surface area (Å²) >= 11 is 0. The fraction of sp³-hybridized carbons (Fsp3) is 0.600. The van der Waals surface area contributed by atoms with Gasteiger partial charge in [-0.3, -0.25) is 4.79 Å². The van der Waals surface area contributed by atoms with E-state index in [1.165, 1.54) is 0 Å². The predicted molar refractivity (Wildman–Crippen MR) is 101 cm³/mol. The Bertz CT molecular complexity index is 622. The number of benzene rings is 1. The van der Waals surface area contributed by atoms with E-state index in [0.29, 0.717) is 38.2 Å². The van der Waals surface area contributed by atoms with E-state index in [0.717, 1.165) is 5.56 Å². The van der Waals surface area contributed by atoms with Crippen molar-refractivity contribution in [3.63, 3.8) is 0 Å². The van der Waals surface area contributed by atoms with Crippen LogP contribution in [0.15, 0.2) is 24.3 Å². The first kappa shape index (κ1) is 20.1. The van der Waals surface area contributed by atoms with Crippen molar-refractivity contribution in [1.29, 1.82) is 0 Å². The Kier molecular flexibility index (Phi) is 6.51. The third-order valence-electron chi connectivity index (χ3n) is 4.51. The number of hydrogen-bond acceptors (Lipinski definition) is 5. The van der Waals surface area contributed by atoms with E-state index in [9.17, 15) is 9.59 Å². The highest BCUT2D eigenvalue weighted by Crippen LogP contribution is 2.35. The van der Waals surface area contributed by atoms with Crippen LogP contribution in [0.25, 0.3) is 0 Å². The zero-order valence-corrected chi connectivity index (χ0v) is 16.2. The van der Waals surface area contributed by atoms with E-state index in [2.05, 4.69) is 0 Å². The zero-order valence-electron chi connectivity index (χ0n) is 16.2. The molecular weight excluding hydrogens is 332 g/mol. The van der Waals surface area contributed by atoms with Gasteiger partial charge in [-0.2, -0.15) is 0 Å². The van der Waals surface area contributed by atoms with Gasteiger partial charge in [-0.15, -0.1) is 0 Å². The minimum absolute atomic E-state index is 0.0120. The van der Waals surface area contributed by atoms with Gasteiger partial charge < -0.3 is 20.1 Å². The predicted octanol–water partition coefficient (Wildman–Crippen LogP) is 3.56. The van der Waals surface area contributed by atoms with Crippen LogP contribution >= 0.6 is 0 Å². The third kappa shape index (κ3) is 5.38. The molecule has 1 amide bonds. The van der Waals surface area contributed by atoms with Crippen LogP contribution < -0.4 is 5.73 Å². The summed E-state index contributed by atoms with van der Waals surface area (Å²) in [5.41, 5.74) is 6.98. The Morgan fingerprint density at radius 1 is 1.15 bits per heavy atom. The number of likely N-dealkylation sites (tertiary alicyclic amines) is 1. The standard InChI is InChI=1S/C20H30N2O4/c1-5-25-18(23)17-11-13-22(19(24)26-20(2,3)4)12-10-16(17)14-6-8-15(21)9-7-14/h6-9,16-17H,5,10-13,21H2,1-4H3/t16-,17+/m0/s1. The molecular formula is C20H30N2O4. The number of carbonyl (C=O) groups excluding carboxylic acids is 2. The highest BCUT2D eigenvalue weighted by atomic mass is 16.6. The molecule has 1 fully saturated rings. The van der Waals surface area contributed by atoms with Crippen LogP contribution in [0.4, 0.5) is 10.5 Å². The molecule has 0 saturated carbocycles. The maximum absolute atomic E-state index is 12.5. The molecule has 0 bridgehead atoms. The van der Waals surface area contributed by atoms with Gasteiger partial charge in [0.1, 0.15) is 5.60 Å². The van der Waals surface area contributed by atoms with Crippen molar-refractivity contribution >= 4 is 17.7 Å². The van der Waals surface area contributed by atoms with Crippen LogP contribution in [0.3, 0.4) is 0 Å². The summed E-state index contributed by atoms with van der Waals surface area (Å²) in [5.74, 6) is -0.506. The quantitative estimate of drug-likeness (QED) is 0.657. The van der Waals surface area contributed by atoms with E-state index in [1.807, 2.05) is 45.0 Å². The van der Waals surface area contributed by atoms with Crippen molar-refractivity contribution in [3.05, 3.63) is 29.8 Å².